The molecule has 1 aliphatic heterocycles. The predicted octanol–water partition coefficient (Wildman–Crippen LogP) is 0.185. The Balaban J connectivity index is 2.19. The van der Waals surface area contributed by atoms with Gasteiger partial charge >= 0.3 is 0 Å². The SMILES string of the molecule is Nc1nc(Cl)cc(C(=O)N2CCOCC2)n1. The molecule has 2 N–H and O–H groups in total. The minimum Gasteiger partial charge on any atom is -0.378 e. The summed E-state index contributed by atoms with van der Waals surface area (Å²) in [5.74, 6) is -0.191. The first kappa shape index (κ1) is 11.1. The zero-order chi connectivity index (χ0) is 11.5. The van der Waals surface area contributed by atoms with Crippen molar-refractivity contribution < 1.29 is 9.53 Å². The zero-order valence-electron chi connectivity index (χ0n) is 8.52. The molecule has 0 bridgehead atoms. The highest BCUT2D eigenvalue weighted by Crippen LogP contribution is 2.11. The molecule has 2 heterocycles. The second-order valence-corrected chi connectivity index (χ2v) is 3.73. The van der Waals surface area contributed by atoms with Crippen LogP contribution in [0.4, 0.5) is 5.95 Å². The minimum absolute atomic E-state index is 0.00381. The number of ether oxygens (including phenoxy) is 1. The number of rotatable bonds is 1. The molecular weight excluding hydrogens is 232 g/mol. The summed E-state index contributed by atoms with van der Waals surface area (Å²) in [7, 11) is 0. The van der Waals surface area contributed by atoms with Crippen LogP contribution in [0.25, 0.3) is 0 Å². The molecule has 86 valence electrons. The van der Waals surface area contributed by atoms with Crippen LogP contribution in [0.2, 0.25) is 5.15 Å². The molecule has 0 radical (unpaired) electrons. The zero-order valence-corrected chi connectivity index (χ0v) is 9.28. The van der Waals surface area contributed by atoms with Crippen LogP contribution in [-0.4, -0.2) is 47.1 Å². The average molecular weight is 243 g/mol. The van der Waals surface area contributed by atoms with Crippen LogP contribution in [-0.2, 0) is 4.74 Å². The van der Waals surface area contributed by atoms with E-state index in [9.17, 15) is 4.79 Å². The molecule has 0 aromatic carbocycles. The van der Waals surface area contributed by atoms with Crippen LogP contribution in [0.1, 0.15) is 10.5 Å². The topological polar surface area (TPSA) is 81.3 Å². The van der Waals surface area contributed by atoms with Gasteiger partial charge in [-0.2, -0.15) is 0 Å². The summed E-state index contributed by atoms with van der Waals surface area (Å²) in [5, 5.41) is 0.170. The van der Waals surface area contributed by atoms with Gasteiger partial charge in [0.25, 0.3) is 5.91 Å². The number of carbonyl (C=O) groups is 1. The molecule has 0 saturated carbocycles. The van der Waals surface area contributed by atoms with Crippen molar-refractivity contribution in [2.24, 2.45) is 0 Å². The number of nitrogen functional groups attached to an aromatic ring is 1. The number of nitrogens with two attached hydrogens (primary N) is 1. The summed E-state index contributed by atoms with van der Waals surface area (Å²) < 4.78 is 5.16. The van der Waals surface area contributed by atoms with Gasteiger partial charge in [-0.15, -0.1) is 0 Å². The smallest absolute Gasteiger partial charge is 0.272 e. The molecule has 1 aliphatic rings. The predicted molar refractivity (Wildman–Crippen MR) is 58.2 cm³/mol. The number of carbonyl (C=O) groups excluding carboxylic acids is 1. The Hall–Kier alpha value is -1.40. The Morgan fingerprint density at radius 1 is 1.44 bits per heavy atom. The summed E-state index contributed by atoms with van der Waals surface area (Å²) in [6.45, 7) is 2.20. The van der Waals surface area contributed by atoms with E-state index < -0.39 is 0 Å². The summed E-state index contributed by atoms with van der Waals surface area (Å²) >= 11 is 5.71. The molecule has 0 atom stereocenters. The fourth-order valence-electron chi connectivity index (χ4n) is 1.47. The van der Waals surface area contributed by atoms with Gasteiger partial charge in [0.05, 0.1) is 13.2 Å². The minimum atomic E-state index is -0.195. The van der Waals surface area contributed by atoms with Crippen molar-refractivity contribution in [3.63, 3.8) is 0 Å². The Morgan fingerprint density at radius 3 is 2.75 bits per heavy atom. The van der Waals surface area contributed by atoms with Gasteiger partial charge in [0.1, 0.15) is 10.8 Å². The number of nitrogens with zero attached hydrogens (tertiary/aromatic N) is 3. The summed E-state index contributed by atoms with van der Waals surface area (Å²) in [5.41, 5.74) is 5.65. The molecule has 1 saturated heterocycles. The van der Waals surface area contributed by atoms with E-state index in [1.807, 2.05) is 0 Å². The van der Waals surface area contributed by atoms with Crippen molar-refractivity contribution in [3.05, 3.63) is 16.9 Å². The van der Waals surface area contributed by atoms with E-state index in [0.29, 0.717) is 26.3 Å². The van der Waals surface area contributed by atoms with Crippen molar-refractivity contribution in [3.8, 4) is 0 Å². The second-order valence-electron chi connectivity index (χ2n) is 3.34. The molecular formula is C9H11ClN4O2. The maximum Gasteiger partial charge on any atom is 0.272 e. The second kappa shape index (κ2) is 4.63. The lowest BCUT2D eigenvalue weighted by atomic mass is 10.3. The summed E-state index contributed by atoms with van der Waals surface area (Å²) in [6, 6.07) is 1.41. The van der Waals surface area contributed by atoms with Gasteiger partial charge in [0, 0.05) is 19.2 Å². The van der Waals surface area contributed by atoms with Gasteiger partial charge in [-0.3, -0.25) is 4.79 Å². The van der Waals surface area contributed by atoms with Gasteiger partial charge in [-0.1, -0.05) is 11.6 Å². The quantitative estimate of drug-likeness (QED) is 0.711. The number of hydrogen-bond acceptors (Lipinski definition) is 5. The standard InChI is InChI=1S/C9H11ClN4O2/c10-7-5-6(12-9(11)13-7)8(15)14-1-3-16-4-2-14/h5H,1-4H2,(H2,11,12,13). The Labute approximate surface area is 97.4 Å². The highest BCUT2D eigenvalue weighted by Gasteiger charge is 2.20. The van der Waals surface area contributed by atoms with Crippen molar-refractivity contribution in [1.82, 2.24) is 14.9 Å². The molecule has 16 heavy (non-hydrogen) atoms. The van der Waals surface area contributed by atoms with Crippen LogP contribution in [0.3, 0.4) is 0 Å². The van der Waals surface area contributed by atoms with Crippen molar-refractivity contribution >= 4 is 23.5 Å². The van der Waals surface area contributed by atoms with Crippen LogP contribution in [0.15, 0.2) is 6.07 Å². The number of halogens is 1. The fraction of sp³-hybridized carbons (Fsp3) is 0.444. The third kappa shape index (κ3) is 2.40. The first-order valence-electron chi connectivity index (χ1n) is 4.84. The van der Waals surface area contributed by atoms with Gasteiger partial charge in [-0.25, -0.2) is 9.97 Å². The molecule has 2 rings (SSSR count). The highest BCUT2D eigenvalue weighted by molar-refractivity contribution is 6.29. The van der Waals surface area contributed by atoms with Crippen LogP contribution >= 0.6 is 11.6 Å². The molecule has 7 heteroatoms. The third-order valence-electron chi connectivity index (χ3n) is 2.23. The number of amides is 1. The van der Waals surface area contributed by atoms with Gasteiger partial charge < -0.3 is 15.4 Å². The van der Waals surface area contributed by atoms with Gasteiger partial charge in [-0.05, 0) is 0 Å². The number of anilines is 1. The first-order valence-corrected chi connectivity index (χ1v) is 5.21. The summed E-state index contributed by atoms with van der Waals surface area (Å²) in [6.07, 6.45) is 0. The van der Waals surface area contributed by atoms with E-state index >= 15 is 0 Å². The maximum absolute atomic E-state index is 12.0. The lowest BCUT2D eigenvalue weighted by Crippen LogP contribution is -2.41. The van der Waals surface area contributed by atoms with Crippen molar-refractivity contribution in [2.75, 3.05) is 32.0 Å². The van der Waals surface area contributed by atoms with Crippen LogP contribution < -0.4 is 5.73 Å². The van der Waals surface area contributed by atoms with Crippen molar-refractivity contribution in [2.45, 2.75) is 0 Å². The Bertz CT molecular complexity index is 386. The number of morpholine rings is 1. The van der Waals surface area contributed by atoms with E-state index in [1.54, 1.807) is 4.90 Å². The largest absolute Gasteiger partial charge is 0.378 e. The van der Waals surface area contributed by atoms with E-state index in [0.717, 1.165) is 0 Å². The number of aromatic nitrogens is 2. The molecule has 0 unspecified atom stereocenters. The molecule has 1 aromatic heterocycles. The van der Waals surface area contributed by atoms with Gasteiger partial charge in [0.2, 0.25) is 5.95 Å². The van der Waals surface area contributed by atoms with E-state index in [-0.39, 0.29) is 22.7 Å². The first-order chi connectivity index (χ1) is 7.66. The number of hydrogen-bond donors (Lipinski definition) is 1. The van der Waals surface area contributed by atoms with E-state index in [1.165, 1.54) is 6.07 Å². The van der Waals surface area contributed by atoms with E-state index in [4.69, 9.17) is 22.1 Å². The fourth-order valence-corrected chi connectivity index (χ4v) is 1.66. The molecule has 1 fully saturated rings. The monoisotopic (exact) mass is 242 g/mol. The Kier molecular flexibility index (Phi) is 3.21. The highest BCUT2D eigenvalue weighted by atomic mass is 35.5. The third-order valence-corrected chi connectivity index (χ3v) is 2.42. The van der Waals surface area contributed by atoms with Crippen LogP contribution in [0.5, 0.6) is 0 Å². The summed E-state index contributed by atoms with van der Waals surface area (Å²) in [4.78, 5) is 21.2. The van der Waals surface area contributed by atoms with Crippen molar-refractivity contribution in [1.29, 1.82) is 0 Å². The molecule has 1 aromatic rings. The Morgan fingerprint density at radius 2 is 2.12 bits per heavy atom. The lowest BCUT2D eigenvalue weighted by Gasteiger charge is -2.26. The van der Waals surface area contributed by atoms with Gasteiger partial charge in [0.15, 0.2) is 0 Å². The molecule has 0 spiro atoms. The lowest BCUT2D eigenvalue weighted by molar-refractivity contribution is 0.0299. The average Bonchev–Trinajstić information content (AvgIpc) is 2.28. The molecule has 1 amide bonds. The van der Waals surface area contributed by atoms with Crippen LogP contribution in [0, 0.1) is 0 Å². The molecule has 0 aliphatic carbocycles. The molecule has 6 nitrogen and oxygen atoms in total. The maximum atomic E-state index is 12.0. The van der Waals surface area contributed by atoms with E-state index in [2.05, 4.69) is 9.97 Å². The normalized spacial score (nSPS) is 16.2.